The number of carboxylic acids is 1. The average molecular weight is 299 g/mol. The minimum Gasteiger partial charge on any atom is -0.481 e. The number of carboxylic acid groups (broad SMARTS) is 1. The number of thioether (sulfide) groups is 1. The van der Waals surface area contributed by atoms with Crippen LogP contribution in [0.25, 0.3) is 0 Å². The number of nitrogens with zero attached hydrogens (tertiary/aromatic N) is 1. The molecule has 0 saturated carbocycles. The van der Waals surface area contributed by atoms with Crippen molar-refractivity contribution in [3.05, 3.63) is 23.7 Å². The van der Waals surface area contributed by atoms with E-state index in [-0.39, 0.29) is 18.4 Å². The van der Waals surface area contributed by atoms with Gasteiger partial charge in [-0.1, -0.05) is 0 Å². The van der Waals surface area contributed by atoms with Crippen LogP contribution in [0.2, 0.25) is 0 Å². The Balaban J connectivity index is 2.69. The zero-order valence-corrected chi connectivity index (χ0v) is 12.9. The van der Waals surface area contributed by atoms with E-state index in [2.05, 4.69) is 0 Å². The van der Waals surface area contributed by atoms with Gasteiger partial charge in [-0.05, 0) is 38.7 Å². The van der Waals surface area contributed by atoms with E-state index in [9.17, 15) is 9.59 Å². The first-order chi connectivity index (χ1) is 9.45. The highest BCUT2D eigenvalue weighted by Crippen LogP contribution is 2.16. The number of amides is 1. The van der Waals surface area contributed by atoms with E-state index in [1.165, 1.54) is 0 Å². The van der Waals surface area contributed by atoms with Crippen molar-refractivity contribution in [2.75, 3.05) is 12.8 Å². The minimum absolute atomic E-state index is 0.00500. The van der Waals surface area contributed by atoms with E-state index < -0.39 is 5.97 Å². The molecule has 112 valence electrons. The zero-order chi connectivity index (χ0) is 15.1. The fraction of sp³-hybridized carbons (Fsp3) is 0.571. The predicted molar refractivity (Wildman–Crippen MR) is 79.0 cm³/mol. The first-order valence-corrected chi connectivity index (χ1v) is 7.95. The Bertz CT molecular complexity index is 456. The SMILES string of the molecule is CSCc1ccc(C(=O)N(CCCC(=O)O)C(C)C)o1. The molecule has 6 heteroatoms. The molecule has 1 heterocycles. The molecule has 0 fully saturated rings. The molecule has 0 atom stereocenters. The van der Waals surface area contributed by atoms with Gasteiger partial charge in [0.05, 0.1) is 5.75 Å². The van der Waals surface area contributed by atoms with Crippen molar-refractivity contribution in [3.63, 3.8) is 0 Å². The van der Waals surface area contributed by atoms with Gasteiger partial charge in [-0.25, -0.2) is 0 Å². The van der Waals surface area contributed by atoms with Crippen molar-refractivity contribution in [2.45, 2.75) is 38.5 Å². The second kappa shape index (κ2) is 7.99. The summed E-state index contributed by atoms with van der Waals surface area (Å²) in [7, 11) is 0. The quantitative estimate of drug-likeness (QED) is 0.799. The number of carbonyl (C=O) groups is 2. The van der Waals surface area contributed by atoms with Gasteiger partial charge in [0.15, 0.2) is 5.76 Å². The standard InChI is InChI=1S/C14H21NO4S/c1-10(2)15(8-4-5-13(16)17)14(18)12-7-6-11(19-12)9-20-3/h6-7,10H,4-5,8-9H2,1-3H3,(H,16,17). The molecule has 0 aliphatic carbocycles. The lowest BCUT2D eigenvalue weighted by molar-refractivity contribution is -0.137. The topological polar surface area (TPSA) is 70.8 Å². The Hall–Kier alpha value is -1.43. The largest absolute Gasteiger partial charge is 0.481 e. The van der Waals surface area contributed by atoms with Gasteiger partial charge in [0.1, 0.15) is 5.76 Å². The monoisotopic (exact) mass is 299 g/mol. The smallest absolute Gasteiger partial charge is 0.303 e. The second-order valence-electron chi connectivity index (χ2n) is 4.79. The molecular weight excluding hydrogens is 278 g/mol. The van der Waals surface area contributed by atoms with Crippen molar-refractivity contribution in [2.24, 2.45) is 0 Å². The minimum atomic E-state index is -0.846. The van der Waals surface area contributed by atoms with E-state index in [1.807, 2.05) is 20.1 Å². The van der Waals surface area contributed by atoms with Crippen molar-refractivity contribution >= 4 is 23.6 Å². The molecule has 20 heavy (non-hydrogen) atoms. The van der Waals surface area contributed by atoms with Crippen LogP contribution in [0.3, 0.4) is 0 Å². The number of hydrogen-bond acceptors (Lipinski definition) is 4. The Morgan fingerprint density at radius 3 is 2.65 bits per heavy atom. The molecule has 5 nitrogen and oxygen atoms in total. The summed E-state index contributed by atoms with van der Waals surface area (Å²) in [6.45, 7) is 4.23. The number of furan rings is 1. The molecule has 0 aromatic carbocycles. The molecular formula is C14H21NO4S. The molecule has 1 N–H and O–H groups in total. The summed E-state index contributed by atoms with van der Waals surface area (Å²) in [6, 6.07) is 3.49. The third kappa shape index (κ3) is 4.92. The number of carbonyl (C=O) groups excluding carboxylic acids is 1. The van der Waals surface area contributed by atoms with Crippen molar-refractivity contribution in [1.82, 2.24) is 4.90 Å². The van der Waals surface area contributed by atoms with Crippen LogP contribution in [0.15, 0.2) is 16.5 Å². The molecule has 1 amide bonds. The van der Waals surface area contributed by atoms with Crippen LogP contribution < -0.4 is 0 Å². The fourth-order valence-corrected chi connectivity index (χ4v) is 2.29. The van der Waals surface area contributed by atoms with Crippen LogP contribution in [0.1, 0.15) is 43.0 Å². The fourth-order valence-electron chi connectivity index (χ4n) is 1.85. The molecule has 0 saturated heterocycles. The van der Waals surface area contributed by atoms with E-state index in [1.54, 1.807) is 28.8 Å². The number of hydrogen-bond donors (Lipinski definition) is 1. The third-order valence-electron chi connectivity index (χ3n) is 2.83. The molecule has 1 rings (SSSR count). The lowest BCUT2D eigenvalue weighted by atomic mass is 10.2. The van der Waals surface area contributed by atoms with Crippen molar-refractivity contribution in [1.29, 1.82) is 0 Å². The summed E-state index contributed by atoms with van der Waals surface area (Å²) in [5.74, 6) is 0.792. The van der Waals surface area contributed by atoms with Gasteiger partial charge < -0.3 is 14.4 Å². The molecule has 0 radical (unpaired) electrons. The predicted octanol–water partition coefficient (Wildman–Crippen LogP) is 2.86. The molecule has 0 bridgehead atoms. The summed E-state index contributed by atoms with van der Waals surface area (Å²) in [4.78, 5) is 24.5. The lowest BCUT2D eigenvalue weighted by Gasteiger charge is -2.25. The van der Waals surface area contributed by atoms with Crippen LogP contribution in [0.4, 0.5) is 0 Å². The maximum absolute atomic E-state index is 12.4. The summed E-state index contributed by atoms with van der Waals surface area (Å²) in [6.07, 6.45) is 2.47. The van der Waals surface area contributed by atoms with Gasteiger partial charge in [-0.2, -0.15) is 11.8 Å². The molecule has 0 aliphatic heterocycles. The maximum atomic E-state index is 12.4. The zero-order valence-electron chi connectivity index (χ0n) is 12.1. The van der Waals surface area contributed by atoms with Crippen LogP contribution in [-0.4, -0.2) is 40.7 Å². The van der Waals surface area contributed by atoms with Gasteiger partial charge >= 0.3 is 5.97 Å². The first-order valence-electron chi connectivity index (χ1n) is 6.56. The average Bonchev–Trinajstić information content (AvgIpc) is 2.82. The highest BCUT2D eigenvalue weighted by Gasteiger charge is 2.21. The highest BCUT2D eigenvalue weighted by molar-refractivity contribution is 7.97. The van der Waals surface area contributed by atoms with E-state index >= 15 is 0 Å². The van der Waals surface area contributed by atoms with Gasteiger partial charge in [0.25, 0.3) is 5.91 Å². The highest BCUT2D eigenvalue weighted by atomic mass is 32.2. The normalized spacial score (nSPS) is 10.8. The van der Waals surface area contributed by atoms with Gasteiger partial charge in [0, 0.05) is 19.0 Å². The van der Waals surface area contributed by atoms with Crippen LogP contribution >= 0.6 is 11.8 Å². The van der Waals surface area contributed by atoms with Gasteiger partial charge in [0.2, 0.25) is 0 Å². The summed E-state index contributed by atoms with van der Waals surface area (Å²) in [5.41, 5.74) is 0. The van der Waals surface area contributed by atoms with Gasteiger partial charge in [-0.15, -0.1) is 0 Å². The first kappa shape index (κ1) is 16.6. The maximum Gasteiger partial charge on any atom is 0.303 e. The molecule has 0 spiro atoms. The van der Waals surface area contributed by atoms with Gasteiger partial charge in [-0.3, -0.25) is 9.59 Å². The number of aliphatic carboxylic acids is 1. The van der Waals surface area contributed by atoms with Crippen LogP contribution in [0, 0.1) is 0 Å². The Kier molecular flexibility index (Phi) is 6.64. The molecule has 0 unspecified atom stereocenters. The molecule has 0 aliphatic rings. The summed E-state index contributed by atoms with van der Waals surface area (Å²) < 4.78 is 5.52. The Morgan fingerprint density at radius 2 is 2.10 bits per heavy atom. The third-order valence-corrected chi connectivity index (χ3v) is 3.41. The second-order valence-corrected chi connectivity index (χ2v) is 5.65. The van der Waals surface area contributed by atoms with Crippen LogP contribution in [-0.2, 0) is 10.5 Å². The Labute approximate surface area is 123 Å². The molecule has 1 aromatic rings. The van der Waals surface area contributed by atoms with E-state index in [0.29, 0.717) is 18.7 Å². The van der Waals surface area contributed by atoms with E-state index in [0.717, 1.165) is 11.5 Å². The summed E-state index contributed by atoms with van der Waals surface area (Å²) >= 11 is 1.63. The lowest BCUT2D eigenvalue weighted by Crippen LogP contribution is -2.37. The van der Waals surface area contributed by atoms with Crippen molar-refractivity contribution < 1.29 is 19.1 Å². The summed E-state index contributed by atoms with van der Waals surface area (Å²) in [5, 5.41) is 8.66. The van der Waals surface area contributed by atoms with Crippen molar-refractivity contribution in [3.8, 4) is 0 Å². The molecule has 1 aromatic heterocycles. The van der Waals surface area contributed by atoms with Crippen LogP contribution in [0.5, 0.6) is 0 Å². The van der Waals surface area contributed by atoms with E-state index in [4.69, 9.17) is 9.52 Å². The Morgan fingerprint density at radius 1 is 1.40 bits per heavy atom. The number of rotatable bonds is 8.